The van der Waals surface area contributed by atoms with Crippen LogP contribution in [0, 0.1) is 18.3 Å². The van der Waals surface area contributed by atoms with Gasteiger partial charge in [0.1, 0.15) is 5.76 Å². The van der Waals surface area contributed by atoms with Crippen LogP contribution in [0.1, 0.15) is 65.3 Å². The molecule has 6 heteroatoms. The third-order valence-corrected chi connectivity index (χ3v) is 5.62. The first-order chi connectivity index (χ1) is 11.3. The van der Waals surface area contributed by atoms with Crippen molar-refractivity contribution in [1.82, 2.24) is 4.90 Å². The van der Waals surface area contributed by atoms with Crippen LogP contribution in [0.5, 0.6) is 0 Å². The normalized spacial score (nSPS) is 23.7. The lowest BCUT2D eigenvalue weighted by molar-refractivity contribution is -0.150. The fourth-order valence-corrected chi connectivity index (χ4v) is 3.90. The molecular formula is C18H23NO5. The summed E-state index contributed by atoms with van der Waals surface area (Å²) in [6, 6.07) is 0. The number of hydrogen-bond acceptors (Lipinski definition) is 4. The zero-order chi connectivity index (χ0) is 17.6. The minimum Gasteiger partial charge on any atom is -0.481 e. The summed E-state index contributed by atoms with van der Waals surface area (Å²) in [5, 5.41) is 9.62. The Morgan fingerprint density at radius 2 is 2.00 bits per heavy atom. The van der Waals surface area contributed by atoms with Gasteiger partial charge in [-0.2, -0.15) is 0 Å². The maximum absolute atomic E-state index is 12.9. The van der Waals surface area contributed by atoms with Crippen LogP contribution in [0.25, 0.3) is 0 Å². The van der Waals surface area contributed by atoms with E-state index in [2.05, 4.69) is 0 Å². The van der Waals surface area contributed by atoms with Crippen molar-refractivity contribution in [1.29, 1.82) is 0 Å². The third-order valence-electron chi connectivity index (χ3n) is 5.62. The van der Waals surface area contributed by atoms with E-state index in [9.17, 15) is 19.5 Å². The number of fused-ring (bicyclic) bond motifs is 1. The molecule has 130 valence electrons. The molecule has 1 saturated heterocycles. The minimum absolute atomic E-state index is 0.0278. The summed E-state index contributed by atoms with van der Waals surface area (Å²) in [5.41, 5.74) is 0.236. The summed E-state index contributed by atoms with van der Waals surface area (Å²) in [6.45, 7) is 6.05. The van der Waals surface area contributed by atoms with Crippen LogP contribution in [-0.4, -0.2) is 40.8 Å². The molecule has 1 aliphatic carbocycles. The van der Waals surface area contributed by atoms with Gasteiger partial charge >= 0.3 is 5.97 Å². The number of likely N-dealkylation sites (tertiary alicyclic amines) is 1. The number of furan rings is 1. The molecule has 1 fully saturated rings. The molecule has 1 amide bonds. The topological polar surface area (TPSA) is 87.8 Å². The van der Waals surface area contributed by atoms with E-state index in [0.717, 1.165) is 6.42 Å². The Morgan fingerprint density at radius 1 is 1.29 bits per heavy atom. The number of carbonyl (C=O) groups excluding carboxylic acids is 2. The molecule has 0 aromatic carbocycles. The van der Waals surface area contributed by atoms with Gasteiger partial charge in [0.05, 0.1) is 11.0 Å². The van der Waals surface area contributed by atoms with Crippen LogP contribution in [0.3, 0.4) is 0 Å². The number of aliphatic carboxylic acids is 1. The molecule has 1 atom stereocenters. The molecular weight excluding hydrogens is 310 g/mol. The molecule has 2 aliphatic rings. The lowest BCUT2D eigenvalue weighted by Gasteiger charge is -2.28. The Balaban J connectivity index is 1.89. The van der Waals surface area contributed by atoms with E-state index in [1.807, 2.05) is 13.8 Å². The number of amides is 1. The summed E-state index contributed by atoms with van der Waals surface area (Å²) in [6.07, 6.45) is 2.33. The van der Waals surface area contributed by atoms with E-state index >= 15 is 0 Å². The van der Waals surface area contributed by atoms with Gasteiger partial charge in [-0.3, -0.25) is 14.4 Å². The molecule has 6 nitrogen and oxygen atoms in total. The number of hydrogen-bond donors (Lipinski definition) is 1. The summed E-state index contributed by atoms with van der Waals surface area (Å²) < 4.78 is 5.71. The van der Waals surface area contributed by atoms with Crippen LogP contribution in [-0.2, 0) is 11.2 Å². The van der Waals surface area contributed by atoms with Gasteiger partial charge in [0, 0.05) is 31.5 Å². The highest BCUT2D eigenvalue weighted by Gasteiger charge is 2.49. The average molecular weight is 333 g/mol. The second kappa shape index (κ2) is 5.76. The highest BCUT2D eigenvalue weighted by Crippen LogP contribution is 2.39. The molecule has 1 unspecified atom stereocenters. The van der Waals surface area contributed by atoms with Gasteiger partial charge in [-0.1, -0.05) is 13.8 Å². The van der Waals surface area contributed by atoms with E-state index in [0.29, 0.717) is 42.7 Å². The number of carbonyl (C=O) groups is 3. The van der Waals surface area contributed by atoms with E-state index in [-0.39, 0.29) is 29.9 Å². The summed E-state index contributed by atoms with van der Waals surface area (Å²) >= 11 is 0. The Kier molecular flexibility index (Phi) is 4.01. The molecule has 1 N–H and O–H groups in total. The maximum atomic E-state index is 12.9. The van der Waals surface area contributed by atoms with Crippen molar-refractivity contribution in [2.45, 2.75) is 46.5 Å². The Morgan fingerprint density at radius 3 is 2.54 bits per heavy atom. The van der Waals surface area contributed by atoms with Gasteiger partial charge < -0.3 is 14.4 Å². The van der Waals surface area contributed by atoms with E-state index in [1.54, 1.807) is 11.8 Å². The predicted octanol–water partition coefficient (Wildman–Crippen LogP) is 2.68. The number of nitrogens with zero attached hydrogens (tertiary/aromatic N) is 1. The zero-order valence-electron chi connectivity index (χ0n) is 14.3. The third kappa shape index (κ3) is 2.36. The first-order valence-corrected chi connectivity index (χ1v) is 8.46. The van der Waals surface area contributed by atoms with E-state index in [1.165, 1.54) is 0 Å². The molecule has 2 heterocycles. The summed E-state index contributed by atoms with van der Waals surface area (Å²) in [4.78, 5) is 38.2. The highest BCUT2D eigenvalue weighted by atomic mass is 16.4. The van der Waals surface area contributed by atoms with Crippen LogP contribution in [0.4, 0.5) is 0 Å². The molecule has 1 aliphatic heterocycles. The van der Waals surface area contributed by atoms with Gasteiger partial charge in [0.25, 0.3) is 5.91 Å². The zero-order valence-corrected chi connectivity index (χ0v) is 14.3. The molecule has 24 heavy (non-hydrogen) atoms. The van der Waals surface area contributed by atoms with Gasteiger partial charge in [0.2, 0.25) is 0 Å². The Labute approximate surface area is 140 Å². The van der Waals surface area contributed by atoms with Crippen molar-refractivity contribution in [2.75, 3.05) is 13.1 Å². The fraction of sp³-hybridized carbons (Fsp3) is 0.611. The van der Waals surface area contributed by atoms with Gasteiger partial charge in [0.15, 0.2) is 11.5 Å². The van der Waals surface area contributed by atoms with E-state index in [4.69, 9.17) is 4.42 Å². The average Bonchev–Trinajstić information content (AvgIpc) is 3.10. The van der Waals surface area contributed by atoms with Crippen molar-refractivity contribution in [3.8, 4) is 0 Å². The van der Waals surface area contributed by atoms with Gasteiger partial charge in [-0.15, -0.1) is 0 Å². The maximum Gasteiger partial charge on any atom is 0.311 e. The van der Waals surface area contributed by atoms with E-state index < -0.39 is 11.4 Å². The highest BCUT2D eigenvalue weighted by molar-refractivity contribution is 6.03. The van der Waals surface area contributed by atoms with Crippen LogP contribution in [0.15, 0.2) is 4.42 Å². The SMILES string of the molecule is Cc1c(C(=O)N2CCC(C(=O)O)(C(C)C)C2)oc2c1C(=O)CCC2. The second-order valence-electron chi connectivity index (χ2n) is 7.22. The van der Waals surface area contributed by atoms with Crippen molar-refractivity contribution in [2.24, 2.45) is 11.3 Å². The quantitative estimate of drug-likeness (QED) is 0.919. The van der Waals surface area contributed by atoms with Gasteiger partial charge in [-0.05, 0) is 25.7 Å². The molecule has 0 bridgehead atoms. The molecule has 0 saturated carbocycles. The van der Waals surface area contributed by atoms with Crippen LogP contribution in [0.2, 0.25) is 0 Å². The van der Waals surface area contributed by atoms with Crippen molar-refractivity contribution < 1.29 is 23.9 Å². The Bertz CT molecular complexity index is 717. The number of aryl methyl sites for hydroxylation is 1. The molecule has 1 aromatic heterocycles. The fourth-order valence-electron chi connectivity index (χ4n) is 3.90. The molecule has 3 rings (SSSR count). The predicted molar refractivity (Wildman–Crippen MR) is 86.1 cm³/mol. The molecule has 1 aromatic rings. The lowest BCUT2D eigenvalue weighted by atomic mass is 9.76. The Hall–Kier alpha value is -2.11. The molecule has 0 spiro atoms. The number of rotatable bonds is 3. The summed E-state index contributed by atoms with van der Waals surface area (Å²) in [5.74, 6) is -0.419. The number of carboxylic acid groups (broad SMARTS) is 1. The second-order valence-corrected chi connectivity index (χ2v) is 7.22. The first-order valence-electron chi connectivity index (χ1n) is 8.46. The van der Waals surface area contributed by atoms with Crippen molar-refractivity contribution in [3.05, 3.63) is 22.6 Å². The van der Waals surface area contributed by atoms with Crippen molar-refractivity contribution >= 4 is 17.7 Å². The van der Waals surface area contributed by atoms with Crippen LogP contribution >= 0.6 is 0 Å². The standard InChI is InChI=1S/C18H23NO5/c1-10(2)18(17(22)23)7-8-19(9-18)16(21)15-11(3)14-12(20)5-4-6-13(14)24-15/h10H,4-9H2,1-3H3,(H,22,23). The minimum atomic E-state index is -0.911. The van der Waals surface area contributed by atoms with Crippen LogP contribution < -0.4 is 0 Å². The summed E-state index contributed by atoms with van der Waals surface area (Å²) in [7, 11) is 0. The first kappa shape index (κ1) is 16.7. The number of ketones is 1. The number of Topliss-reactive ketones (excluding diaryl/α,β-unsaturated/α-hetero) is 1. The monoisotopic (exact) mass is 333 g/mol. The largest absolute Gasteiger partial charge is 0.481 e. The smallest absolute Gasteiger partial charge is 0.311 e. The van der Waals surface area contributed by atoms with Gasteiger partial charge in [-0.25, -0.2) is 0 Å². The number of carboxylic acids is 1. The lowest BCUT2D eigenvalue weighted by Crippen LogP contribution is -2.40. The van der Waals surface area contributed by atoms with Crippen molar-refractivity contribution in [3.63, 3.8) is 0 Å². The molecule has 0 radical (unpaired) electrons.